The van der Waals surface area contributed by atoms with E-state index in [1.54, 1.807) is 6.07 Å². The second kappa shape index (κ2) is 7.20. The summed E-state index contributed by atoms with van der Waals surface area (Å²) in [6.45, 7) is 1.79. The van der Waals surface area contributed by atoms with Crippen molar-refractivity contribution in [1.29, 1.82) is 0 Å². The molecule has 37 heavy (non-hydrogen) atoms. The zero-order valence-corrected chi connectivity index (χ0v) is 21.6. The maximum Gasteiger partial charge on any atom is 0.261 e. The Kier molecular flexibility index (Phi) is 4.41. The number of benzene rings is 2. The van der Waals surface area contributed by atoms with Crippen LogP contribution >= 0.6 is 23.2 Å². The van der Waals surface area contributed by atoms with Crippen molar-refractivity contribution in [2.45, 2.75) is 67.7 Å². The third kappa shape index (κ3) is 2.66. The van der Waals surface area contributed by atoms with Crippen LogP contribution in [0.15, 0.2) is 24.3 Å². The molecule has 2 aromatic rings. The topological polar surface area (TPSA) is 90.3 Å². The number of phenols is 1. The quantitative estimate of drug-likeness (QED) is 0.573. The third-order valence-corrected chi connectivity index (χ3v) is 10.7. The van der Waals surface area contributed by atoms with Gasteiger partial charge in [0, 0.05) is 18.2 Å². The molecule has 2 aromatic carbocycles. The number of carbonyl (C=O) groups is 2. The fourth-order valence-corrected chi connectivity index (χ4v) is 8.60. The van der Waals surface area contributed by atoms with Gasteiger partial charge in [0.1, 0.15) is 6.10 Å². The molecule has 7 nitrogen and oxygen atoms in total. The number of halogens is 2. The normalized spacial score (nSPS) is 35.4. The first-order valence-corrected chi connectivity index (χ1v) is 13.9. The summed E-state index contributed by atoms with van der Waals surface area (Å²) >= 11 is 12.4. The highest BCUT2D eigenvalue weighted by atomic mass is 35.5. The summed E-state index contributed by atoms with van der Waals surface area (Å²) in [6, 6.07) is 5.85. The Hall–Kier alpha value is -2.32. The van der Waals surface area contributed by atoms with E-state index in [0.29, 0.717) is 37.4 Å². The Labute approximate surface area is 223 Å². The summed E-state index contributed by atoms with van der Waals surface area (Å²) in [7, 11) is 0. The van der Waals surface area contributed by atoms with Gasteiger partial charge in [0.05, 0.1) is 38.2 Å². The predicted molar refractivity (Wildman–Crippen MR) is 136 cm³/mol. The zero-order chi connectivity index (χ0) is 25.4. The van der Waals surface area contributed by atoms with E-state index in [1.165, 1.54) is 29.9 Å². The van der Waals surface area contributed by atoms with E-state index in [0.717, 1.165) is 24.2 Å². The van der Waals surface area contributed by atoms with Gasteiger partial charge in [-0.15, -0.1) is 0 Å². The average molecular weight is 541 g/mol. The molecule has 6 aliphatic rings. The van der Waals surface area contributed by atoms with Gasteiger partial charge in [-0.25, -0.2) is 0 Å². The highest BCUT2D eigenvalue weighted by Crippen LogP contribution is 2.66. The van der Waals surface area contributed by atoms with Crippen molar-refractivity contribution in [2.75, 3.05) is 13.1 Å². The van der Waals surface area contributed by atoms with E-state index in [9.17, 15) is 19.8 Å². The van der Waals surface area contributed by atoms with E-state index < -0.39 is 35.0 Å². The van der Waals surface area contributed by atoms with Gasteiger partial charge in [-0.05, 0) is 74.8 Å². The monoisotopic (exact) mass is 540 g/mol. The molecule has 192 valence electrons. The molecule has 1 saturated heterocycles. The van der Waals surface area contributed by atoms with Crippen LogP contribution in [0.4, 0.5) is 0 Å². The Bertz CT molecular complexity index is 1380. The number of likely N-dealkylation sites (tertiary alicyclic amines) is 1. The van der Waals surface area contributed by atoms with Crippen molar-refractivity contribution in [3.05, 3.63) is 56.6 Å². The predicted octanol–water partition coefficient (Wildman–Crippen LogP) is 3.93. The van der Waals surface area contributed by atoms with Gasteiger partial charge in [0.2, 0.25) is 0 Å². The summed E-state index contributed by atoms with van der Waals surface area (Å²) in [4.78, 5) is 31.0. The lowest BCUT2D eigenvalue weighted by atomic mass is 9.48. The maximum atomic E-state index is 13.6. The minimum absolute atomic E-state index is 0.0309. The van der Waals surface area contributed by atoms with Crippen LogP contribution in [0.25, 0.3) is 0 Å². The Balaban J connectivity index is 1.26. The molecule has 3 fully saturated rings. The second-order valence-corrected chi connectivity index (χ2v) is 12.5. The fourth-order valence-electron chi connectivity index (χ4n) is 8.27. The summed E-state index contributed by atoms with van der Waals surface area (Å²) in [5.74, 6) is 0.271. The van der Waals surface area contributed by atoms with Gasteiger partial charge in [-0.1, -0.05) is 29.3 Å². The number of aliphatic hydroxyl groups is 1. The van der Waals surface area contributed by atoms with Crippen molar-refractivity contribution in [2.24, 2.45) is 5.92 Å². The van der Waals surface area contributed by atoms with Crippen LogP contribution in [0.2, 0.25) is 10.0 Å². The molecule has 2 amide bonds. The van der Waals surface area contributed by atoms with E-state index in [1.807, 2.05) is 6.07 Å². The van der Waals surface area contributed by atoms with Crippen LogP contribution in [-0.4, -0.2) is 68.7 Å². The van der Waals surface area contributed by atoms with Crippen LogP contribution in [0.3, 0.4) is 0 Å². The first-order valence-electron chi connectivity index (χ1n) is 13.1. The number of aromatic hydroxyl groups is 1. The van der Waals surface area contributed by atoms with Crippen LogP contribution in [0.1, 0.15) is 63.9 Å². The summed E-state index contributed by atoms with van der Waals surface area (Å²) in [6.07, 6.45) is 4.00. The number of phenolic OH excluding ortho intramolecular Hbond substituents is 1. The number of fused-ring (bicyclic) bond motifs is 1. The summed E-state index contributed by atoms with van der Waals surface area (Å²) in [5.41, 5.74) is 0.517. The zero-order valence-electron chi connectivity index (χ0n) is 20.0. The Morgan fingerprint density at radius 1 is 1.03 bits per heavy atom. The van der Waals surface area contributed by atoms with Crippen LogP contribution in [0.5, 0.6) is 11.5 Å². The van der Waals surface area contributed by atoms with Crippen LogP contribution in [-0.2, 0) is 11.8 Å². The number of ether oxygens (including phenoxy) is 1. The summed E-state index contributed by atoms with van der Waals surface area (Å²) < 4.78 is 6.54. The average Bonchev–Trinajstić information content (AvgIpc) is 3.56. The molecule has 3 heterocycles. The molecule has 9 heteroatoms. The molecule has 1 spiro atoms. The number of carbonyl (C=O) groups excluding carboxylic acids is 2. The van der Waals surface area contributed by atoms with Crippen molar-refractivity contribution in [3.8, 4) is 11.5 Å². The molecule has 3 aliphatic heterocycles. The second-order valence-electron chi connectivity index (χ2n) is 11.7. The highest BCUT2D eigenvalue weighted by Gasteiger charge is 2.74. The smallest absolute Gasteiger partial charge is 0.261 e. The van der Waals surface area contributed by atoms with Crippen molar-refractivity contribution < 1.29 is 24.5 Å². The van der Waals surface area contributed by atoms with Gasteiger partial charge >= 0.3 is 0 Å². The number of hydrogen-bond acceptors (Lipinski definition) is 6. The van der Waals surface area contributed by atoms with Gasteiger partial charge in [-0.3, -0.25) is 19.4 Å². The number of hydrogen-bond donors (Lipinski definition) is 2. The van der Waals surface area contributed by atoms with E-state index in [2.05, 4.69) is 4.90 Å². The largest absolute Gasteiger partial charge is 0.504 e. The number of rotatable bonds is 3. The van der Waals surface area contributed by atoms with Gasteiger partial charge in [0.15, 0.2) is 11.5 Å². The number of amides is 2. The van der Waals surface area contributed by atoms with E-state index in [-0.39, 0.29) is 33.0 Å². The van der Waals surface area contributed by atoms with E-state index in [4.69, 9.17) is 27.9 Å². The number of piperidine rings is 1. The molecule has 0 aromatic heterocycles. The van der Waals surface area contributed by atoms with Crippen LogP contribution in [0, 0.1) is 5.92 Å². The van der Waals surface area contributed by atoms with Gasteiger partial charge in [-0.2, -0.15) is 0 Å². The molecule has 0 radical (unpaired) electrons. The first-order chi connectivity index (χ1) is 17.7. The van der Waals surface area contributed by atoms with Crippen molar-refractivity contribution >= 4 is 35.0 Å². The minimum Gasteiger partial charge on any atom is -0.504 e. The Morgan fingerprint density at radius 2 is 1.73 bits per heavy atom. The number of nitrogens with zero attached hydrogens (tertiary/aromatic N) is 2. The van der Waals surface area contributed by atoms with Crippen molar-refractivity contribution in [3.63, 3.8) is 0 Å². The highest BCUT2D eigenvalue weighted by molar-refractivity contribution is 6.43. The van der Waals surface area contributed by atoms with Gasteiger partial charge < -0.3 is 14.9 Å². The molecular formula is C28H26Cl2N2O5. The van der Waals surface area contributed by atoms with Crippen molar-refractivity contribution in [1.82, 2.24) is 9.80 Å². The maximum absolute atomic E-state index is 13.6. The minimum atomic E-state index is -1.08. The molecule has 2 saturated carbocycles. The molecule has 2 N–H and O–H groups in total. The fraction of sp³-hybridized carbons (Fsp3) is 0.500. The lowest BCUT2D eigenvalue weighted by molar-refractivity contribution is -0.196. The molecule has 0 unspecified atom stereocenters. The standard InChI is InChI=1S/C28H26Cl2N2O5/c29-17-10-15-16(11-18(17)30)26(35)32(25(15)34)19-5-6-28(36)21-9-14-3-4-20(33)23-22(14)27(28,24(19)37-23)7-8-31(21)12-13-1-2-13/h3-4,10-11,13,19,21,24,33,36H,1-2,5-9,12H2/t19-,21-,24+,27+,28-/m1/s1. The third-order valence-electron chi connectivity index (χ3n) is 10.0. The first kappa shape index (κ1) is 22.6. The summed E-state index contributed by atoms with van der Waals surface area (Å²) in [5, 5.41) is 23.9. The van der Waals surface area contributed by atoms with Crippen LogP contribution < -0.4 is 4.74 Å². The molecule has 2 bridgehead atoms. The molecule has 5 atom stereocenters. The van der Waals surface area contributed by atoms with Gasteiger partial charge in [0.25, 0.3) is 11.8 Å². The Morgan fingerprint density at radius 3 is 2.41 bits per heavy atom. The molecular weight excluding hydrogens is 515 g/mol. The van der Waals surface area contributed by atoms with E-state index >= 15 is 0 Å². The lowest BCUT2D eigenvalue weighted by Crippen LogP contribution is -2.78. The number of imide groups is 1. The SMILES string of the molecule is O=C1c2cc(Cl)c(Cl)cc2C(=O)N1[C@@H]1CC[C@@]2(O)[C@H]3Cc4ccc(O)c5c4[C@@]2(CCN3CC2CC2)[C@H]1O5. The lowest BCUT2D eigenvalue weighted by Gasteiger charge is -2.64. The molecule has 3 aliphatic carbocycles. The molecule has 8 rings (SSSR count).